The minimum Gasteiger partial charge on any atom is -0.390 e. The lowest BCUT2D eigenvalue weighted by Crippen LogP contribution is -2.42. The van der Waals surface area contributed by atoms with Gasteiger partial charge in [0.2, 0.25) is 0 Å². The maximum absolute atomic E-state index is 11.5. The van der Waals surface area contributed by atoms with Crippen LogP contribution >= 0.6 is 0 Å². The normalized spacial score (nSPS) is 30.5. The lowest BCUT2D eigenvalue weighted by molar-refractivity contribution is 0.179. The number of hydrogen-bond donors (Lipinski definition) is 1. The van der Waals surface area contributed by atoms with Gasteiger partial charge in [-0.1, -0.05) is 18.2 Å². The fourth-order valence-electron chi connectivity index (χ4n) is 2.82. The van der Waals surface area contributed by atoms with E-state index in [-0.39, 0.29) is 17.5 Å². The molecule has 0 aromatic heterocycles. The lowest BCUT2D eigenvalue weighted by Gasteiger charge is -2.28. The van der Waals surface area contributed by atoms with Crippen LogP contribution in [0, 0.1) is 0 Å². The predicted octanol–water partition coefficient (Wildman–Crippen LogP) is 0.207. The molecular weight excluding hydrogens is 238 g/mol. The van der Waals surface area contributed by atoms with Gasteiger partial charge in [-0.15, -0.1) is 0 Å². The SMILES string of the molecule is O=S1(=O)CC(O)C(N2CCc3ccccc32)C1. The van der Waals surface area contributed by atoms with Crippen molar-refractivity contribution >= 4 is 15.5 Å². The maximum atomic E-state index is 11.5. The molecule has 1 N–H and O–H groups in total. The molecule has 0 saturated carbocycles. The van der Waals surface area contributed by atoms with Gasteiger partial charge in [-0.2, -0.15) is 0 Å². The highest BCUT2D eigenvalue weighted by molar-refractivity contribution is 7.91. The van der Waals surface area contributed by atoms with Crippen LogP contribution in [0.5, 0.6) is 0 Å². The summed E-state index contributed by atoms with van der Waals surface area (Å²) in [5, 5.41) is 9.89. The number of fused-ring (bicyclic) bond motifs is 1. The second kappa shape index (κ2) is 3.71. The van der Waals surface area contributed by atoms with Gasteiger partial charge in [0.15, 0.2) is 9.84 Å². The van der Waals surface area contributed by atoms with Crippen molar-refractivity contribution in [2.45, 2.75) is 18.6 Å². The summed E-state index contributed by atoms with van der Waals surface area (Å²) < 4.78 is 23.1. The number of nitrogens with zero attached hydrogens (tertiary/aromatic N) is 1. The molecule has 3 rings (SSSR count). The number of benzene rings is 1. The van der Waals surface area contributed by atoms with Crippen LogP contribution in [0.1, 0.15) is 5.56 Å². The summed E-state index contributed by atoms with van der Waals surface area (Å²) in [6.45, 7) is 0.802. The van der Waals surface area contributed by atoms with E-state index in [1.54, 1.807) is 0 Å². The molecule has 1 aromatic carbocycles. The predicted molar refractivity (Wildman–Crippen MR) is 65.9 cm³/mol. The van der Waals surface area contributed by atoms with Crippen LogP contribution in [-0.2, 0) is 16.3 Å². The molecule has 0 spiro atoms. The molecule has 5 heteroatoms. The number of aliphatic hydroxyl groups excluding tert-OH is 1. The van der Waals surface area contributed by atoms with Crippen LogP contribution in [0.3, 0.4) is 0 Å². The molecule has 0 amide bonds. The van der Waals surface area contributed by atoms with Gasteiger partial charge in [0, 0.05) is 12.2 Å². The summed E-state index contributed by atoms with van der Waals surface area (Å²) in [4.78, 5) is 2.05. The van der Waals surface area contributed by atoms with Crippen molar-refractivity contribution < 1.29 is 13.5 Å². The topological polar surface area (TPSA) is 57.6 Å². The first-order valence-electron chi connectivity index (χ1n) is 5.80. The van der Waals surface area contributed by atoms with E-state index in [0.717, 1.165) is 18.7 Å². The average molecular weight is 253 g/mol. The summed E-state index contributed by atoms with van der Waals surface area (Å²) in [5.74, 6) is -0.0289. The highest BCUT2D eigenvalue weighted by Crippen LogP contribution is 2.32. The van der Waals surface area contributed by atoms with E-state index in [9.17, 15) is 13.5 Å². The number of anilines is 1. The molecule has 1 fully saturated rings. The second-order valence-corrected chi connectivity index (χ2v) is 6.94. The first-order valence-corrected chi connectivity index (χ1v) is 7.62. The Bertz CT molecular complexity index is 540. The first kappa shape index (κ1) is 11.0. The Labute approximate surface area is 101 Å². The summed E-state index contributed by atoms with van der Waals surface area (Å²) in [5.41, 5.74) is 2.32. The number of hydrogen-bond acceptors (Lipinski definition) is 4. The van der Waals surface area contributed by atoms with Gasteiger partial charge in [-0.3, -0.25) is 0 Å². The Kier molecular flexibility index (Phi) is 2.41. The molecule has 4 nitrogen and oxygen atoms in total. The van der Waals surface area contributed by atoms with Crippen LogP contribution in [-0.4, -0.2) is 43.7 Å². The highest BCUT2D eigenvalue weighted by atomic mass is 32.2. The maximum Gasteiger partial charge on any atom is 0.155 e. The van der Waals surface area contributed by atoms with E-state index in [1.807, 2.05) is 23.1 Å². The first-order chi connectivity index (χ1) is 8.07. The van der Waals surface area contributed by atoms with Crippen molar-refractivity contribution in [2.24, 2.45) is 0 Å². The van der Waals surface area contributed by atoms with Gasteiger partial charge in [0.25, 0.3) is 0 Å². The molecule has 2 atom stereocenters. The second-order valence-electron chi connectivity index (χ2n) is 4.78. The Hall–Kier alpha value is -1.07. The zero-order valence-electron chi connectivity index (χ0n) is 9.41. The minimum absolute atomic E-state index is 0.0719. The Morgan fingerprint density at radius 1 is 1.24 bits per heavy atom. The Morgan fingerprint density at radius 2 is 2.00 bits per heavy atom. The third-order valence-corrected chi connectivity index (χ3v) is 5.32. The van der Waals surface area contributed by atoms with Crippen LogP contribution in [0.15, 0.2) is 24.3 Å². The molecule has 2 unspecified atom stereocenters. The smallest absolute Gasteiger partial charge is 0.155 e. The molecule has 17 heavy (non-hydrogen) atoms. The van der Waals surface area contributed by atoms with Gasteiger partial charge in [-0.05, 0) is 18.1 Å². The Morgan fingerprint density at radius 3 is 2.71 bits per heavy atom. The average Bonchev–Trinajstić information content (AvgIpc) is 2.79. The van der Waals surface area contributed by atoms with Crippen molar-refractivity contribution in [3.05, 3.63) is 29.8 Å². The van der Waals surface area contributed by atoms with Crippen LogP contribution in [0.4, 0.5) is 5.69 Å². The van der Waals surface area contributed by atoms with Gasteiger partial charge >= 0.3 is 0 Å². The monoisotopic (exact) mass is 253 g/mol. The van der Waals surface area contributed by atoms with E-state index in [4.69, 9.17) is 0 Å². The summed E-state index contributed by atoms with van der Waals surface area (Å²) in [6, 6.07) is 7.73. The third kappa shape index (κ3) is 1.83. The summed E-state index contributed by atoms with van der Waals surface area (Å²) >= 11 is 0. The lowest BCUT2D eigenvalue weighted by atomic mass is 10.1. The van der Waals surface area contributed by atoms with Crippen molar-refractivity contribution in [3.8, 4) is 0 Å². The van der Waals surface area contributed by atoms with Crippen LogP contribution < -0.4 is 4.90 Å². The van der Waals surface area contributed by atoms with Gasteiger partial charge < -0.3 is 10.0 Å². The molecule has 2 heterocycles. The molecule has 0 radical (unpaired) electrons. The molecule has 2 aliphatic rings. The van der Waals surface area contributed by atoms with Gasteiger partial charge in [0.05, 0.1) is 23.7 Å². The number of sulfone groups is 1. The molecule has 1 saturated heterocycles. The highest BCUT2D eigenvalue weighted by Gasteiger charge is 2.41. The molecule has 0 bridgehead atoms. The number of aliphatic hydroxyl groups is 1. The molecular formula is C12H15NO3S. The molecule has 92 valence electrons. The number of rotatable bonds is 1. The zero-order chi connectivity index (χ0) is 12.0. The Balaban J connectivity index is 1.93. The van der Waals surface area contributed by atoms with E-state index in [0.29, 0.717) is 0 Å². The zero-order valence-corrected chi connectivity index (χ0v) is 10.2. The minimum atomic E-state index is -3.08. The molecule has 0 aliphatic carbocycles. The van der Waals surface area contributed by atoms with E-state index in [1.165, 1.54) is 5.56 Å². The quantitative estimate of drug-likeness (QED) is 0.777. The third-order valence-electron chi connectivity index (χ3n) is 3.62. The van der Waals surface area contributed by atoms with E-state index in [2.05, 4.69) is 6.07 Å². The van der Waals surface area contributed by atoms with Crippen LogP contribution in [0.25, 0.3) is 0 Å². The fraction of sp³-hybridized carbons (Fsp3) is 0.500. The van der Waals surface area contributed by atoms with E-state index < -0.39 is 15.9 Å². The standard InChI is InChI=1S/C12H15NO3S/c14-12-8-17(15,16)7-11(12)13-6-5-9-3-1-2-4-10(9)13/h1-4,11-12,14H,5-8H2. The molecule has 1 aromatic rings. The van der Waals surface area contributed by atoms with Gasteiger partial charge in [0.1, 0.15) is 0 Å². The number of para-hydroxylation sites is 1. The molecule has 2 aliphatic heterocycles. The van der Waals surface area contributed by atoms with Gasteiger partial charge in [-0.25, -0.2) is 8.42 Å². The summed E-state index contributed by atoms with van der Waals surface area (Å²) in [6.07, 6.45) is 0.172. The largest absolute Gasteiger partial charge is 0.390 e. The van der Waals surface area contributed by atoms with Crippen molar-refractivity contribution in [2.75, 3.05) is 23.0 Å². The van der Waals surface area contributed by atoms with Crippen LogP contribution in [0.2, 0.25) is 0 Å². The van der Waals surface area contributed by atoms with E-state index >= 15 is 0 Å². The summed E-state index contributed by atoms with van der Waals surface area (Å²) in [7, 11) is -3.08. The van der Waals surface area contributed by atoms with Crippen molar-refractivity contribution in [1.29, 1.82) is 0 Å². The fourth-order valence-corrected chi connectivity index (χ4v) is 4.62. The van der Waals surface area contributed by atoms with Crippen molar-refractivity contribution in [1.82, 2.24) is 0 Å². The van der Waals surface area contributed by atoms with Crippen molar-refractivity contribution in [3.63, 3.8) is 0 Å².